The summed E-state index contributed by atoms with van der Waals surface area (Å²) in [6.45, 7) is 4.92. The van der Waals surface area contributed by atoms with Crippen molar-refractivity contribution in [2.24, 2.45) is 7.05 Å². The zero-order chi connectivity index (χ0) is 24.3. The summed E-state index contributed by atoms with van der Waals surface area (Å²) in [5.74, 6) is -2.75. The lowest BCUT2D eigenvalue weighted by atomic mass is 10.0. The van der Waals surface area contributed by atoms with E-state index in [4.69, 9.17) is 4.42 Å². The number of hydrogen-bond donors (Lipinski definition) is 3. The largest absolute Gasteiger partial charge is 0.501 e. The van der Waals surface area contributed by atoms with Crippen molar-refractivity contribution < 1.29 is 23.5 Å². The Morgan fingerprint density at radius 2 is 1.85 bits per heavy atom. The maximum absolute atomic E-state index is 13.0. The predicted octanol–water partition coefficient (Wildman–Crippen LogP) is 1.17. The van der Waals surface area contributed by atoms with Crippen LogP contribution in [-0.4, -0.2) is 36.7 Å². The van der Waals surface area contributed by atoms with E-state index in [1.54, 1.807) is 20.8 Å². The zero-order valence-electron chi connectivity index (χ0n) is 18.5. The highest BCUT2D eigenvalue weighted by Crippen LogP contribution is 2.20. The Bertz CT molecular complexity index is 1250. The number of carbonyl (C=O) groups excluding carboxylic acids is 2. The lowest BCUT2D eigenvalue weighted by molar-refractivity contribution is 0.0869. The molecule has 0 unspecified atom stereocenters. The molecule has 0 aliphatic rings. The minimum Gasteiger partial charge on any atom is -0.501 e. The Hall–Kier alpha value is -4.09. The van der Waals surface area contributed by atoms with Crippen molar-refractivity contribution in [3.63, 3.8) is 0 Å². The Morgan fingerprint density at radius 1 is 1.18 bits per heavy atom. The van der Waals surface area contributed by atoms with Gasteiger partial charge in [-0.25, -0.2) is 9.37 Å². The van der Waals surface area contributed by atoms with Crippen molar-refractivity contribution in [3.8, 4) is 5.75 Å². The predicted molar refractivity (Wildman–Crippen MR) is 113 cm³/mol. The summed E-state index contributed by atoms with van der Waals surface area (Å²) >= 11 is 0. The van der Waals surface area contributed by atoms with Gasteiger partial charge in [0.05, 0.1) is 5.54 Å². The second kappa shape index (κ2) is 9.18. The number of rotatable bonds is 7. The van der Waals surface area contributed by atoms with E-state index >= 15 is 0 Å². The van der Waals surface area contributed by atoms with Gasteiger partial charge in [-0.2, -0.15) is 0 Å². The van der Waals surface area contributed by atoms with Crippen molar-refractivity contribution in [1.82, 2.24) is 30.4 Å². The minimum absolute atomic E-state index is 0.000752. The van der Waals surface area contributed by atoms with Crippen LogP contribution in [0.15, 0.2) is 33.5 Å². The first-order chi connectivity index (χ1) is 15.5. The molecule has 0 fully saturated rings. The van der Waals surface area contributed by atoms with Crippen LogP contribution in [-0.2, 0) is 25.6 Å². The van der Waals surface area contributed by atoms with Gasteiger partial charge in [0.15, 0.2) is 5.69 Å². The fourth-order valence-corrected chi connectivity index (χ4v) is 3.06. The molecule has 0 radical (unpaired) electrons. The third-order valence-corrected chi connectivity index (χ3v) is 4.80. The lowest BCUT2D eigenvalue weighted by Gasteiger charge is -2.27. The number of carbonyl (C=O) groups is 2. The molecule has 0 saturated carbocycles. The van der Waals surface area contributed by atoms with Gasteiger partial charge >= 0.3 is 11.8 Å². The van der Waals surface area contributed by atoms with E-state index in [0.29, 0.717) is 12.0 Å². The molecule has 33 heavy (non-hydrogen) atoms. The summed E-state index contributed by atoms with van der Waals surface area (Å²) in [7, 11) is 1.35. The molecule has 12 heteroatoms. The van der Waals surface area contributed by atoms with Crippen LogP contribution in [0.5, 0.6) is 5.75 Å². The number of nitrogens with zero attached hydrogens (tertiary/aromatic N) is 4. The molecule has 2 aromatic heterocycles. The number of halogens is 1. The molecular weight excluding hydrogens is 435 g/mol. The SMILES string of the molecule is CCc1nnc(C(=O)NC(C)(C)c2nc(C(=O)NCc3ccc(F)cc3)c(O)c(=O)n2C)o1. The molecule has 0 saturated heterocycles. The second-order valence-corrected chi connectivity index (χ2v) is 7.74. The summed E-state index contributed by atoms with van der Waals surface area (Å²) in [6, 6.07) is 5.45. The van der Waals surface area contributed by atoms with Crippen LogP contribution in [0, 0.1) is 5.82 Å². The first-order valence-corrected chi connectivity index (χ1v) is 10.0. The summed E-state index contributed by atoms with van der Waals surface area (Å²) in [4.78, 5) is 41.9. The summed E-state index contributed by atoms with van der Waals surface area (Å²) in [5.41, 5.74) is -2.05. The molecule has 174 valence electrons. The van der Waals surface area contributed by atoms with E-state index in [0.717, 1.165) is 4.57 Å². The van der Waals surface area contributed by atoms with E-state index in [-0.39, 0.29) is 24.2 Å². The van der Waals surface area contributed by atoms with E-state index < -0.39 is 40.2 Å². The van der Waals surface area contributed by atoms with E-state index in [9.17, 15) is 23.9 Å². The van der Waals surface area contributed by atoms with Crippen molar-refractivity contribution in [1.29, 1.82) is 0 Å². The number of amides is 2. The molecule has 3 rings (SSSR count). The number of nitrogens with one attached hydrogen (secondary N) is 2. The van der Waals surface area contributed by atoms with Crippen LogP contribution in [0.25, 0.3) is 0 Å². The normalized spacial score (nSPS) is 11.3. The first kappa shape index (κ1) is 23.6. The number of hydrogen-bond acceptors (Lipinski definition) is 8. The third-order valence-electron chi connectivity index (χ3n) is 4.80. The number of aromatic hydroxyl groups is 1. The highest BCUT2D eigenvalue weighted by molar-refractivity contribution is 5.94. The van der Waals surface area contributed by atoms with Gasteiger partial charge in [-0.05, 0) is 31.5 Å². The van der Waals surface area contributed by atoms with Crippen LogP contribution in [0.1, 0.15) is 59.2 Å². The van der Waals surface area contributed by atoms with Gasteiger partial charge in [0.25, 0.3) is 11.5 Å². The van der Waals surface area contributed by atoms with Crippen molar-refractivity contribution >= 4 is 11.8 Å². The molecule has 0 bridgehead atoms. The minimum atomic E-state index is -1.27. The van der Waals surface area contributed by atoms with Gasteiger partial charge in [0.1, 0.15) is 11.6 Å². The van der Waals surface area contributed by atoms with Crippen molar-refractivity contribution in [2.45, 2.75) is 39.3 Å². The van der Waals surface area contributed by atoms with Crippen LogP contribution >= 0.6 is 0 Å². The van der Waals surface area contributed by atoms with Crippen LogP contribution in [0.4, 0.5) is 4.39 Å². The van der Waals surface area contributed by atoms with E-state index in [1.165, 1.54) is 31.3 Å². The molecule has 3 N–H and O–H groups in total. The average molecular weight is 458 g/mol. The quantitative estimate of drug-likeness (QED) is 0.477. The maximum atomic E-state index is 13.0. The van der Waals surface area contributed by atoms with Gasteiger partial charge in [-0.3, -0.25) is 19.0 Å². The van der Waals surface area contributed by atoms with Crippen molar-refractivity contribution in [2.75, 3.05) is 0 Å². The monoisotopic (exact) mass is 458 g/mol. The molecule has 0 aliphatic heterocycles. The molecule has 2 amide bonds. The first-order valence-electron chi connectivity index (χ1n) is 10.0. The fourth-order valence-electron chi connectivity index (χ4n) is 3.06. The topological polar surface area (TPSA) is 152 Å². The average Bonchev–Trinajstić information content (AvgIpc) is 3.26. The molecule has 3 aromatic rings. The highest BCUT2D eigenvalue weighted by Gasteiger charge is 2.32. The molecule has 2 heterocycles. The van der Waals surface area contributed by atoms with Gasteiger partial charge in [0, 0.05) is 20.0 Å². The second-order valence-electron chi connectivity index (χ2n) is 7.74. The third kappa shape index (κ3) is 5.05. The zero-order valence-corrected chi connectivity index (χ0v) is 18.5. The molecule has 0 spiro atoms. The lowest BCUT2D eigenvalue weighted by Crippen LogP contribution is -2.46. The molecule has 1 aromatic carbocycles. The van der Waals surface area contributed by atoms with Crippen LogP contribution in [0.2, 0.25) is 0 Å². The van der Waals surface area contributed by atoms with Crippen LogP contribution < -0.4 is 16.2 Å². The summed E-state index contributed by atoms with van der Waals surface area (Å²) in [6.07, 6.45) is 0.452. The van der Waals surface area contributed by atoms with Gasteiger partial charge in [-0.1, -0.05) is 19.1 Å². The van der Waals surface area contributed by atoms with Crippen molar-refractivity contribution in [3.05, 3.63) is 69.3 Å². The van der Waals surface area contributed by atoms with Crippen LogP contribution in [0.3, 0.4) is 0 Å². The molecule has 11 nitrogen and oxygen atoms in total. The summed E-state index contributed by atoms with van der Waals surface area (Å²) < 4.78 is 19.3. The van der Waals surface area contributed by atoms with Gasteiger partial charge < -0.3 is 20.2 Å². The Balaban J connectivity index is 1.87. The highest BCUT2D eigenvalue weighted by atomic mass is 19.1. The molecule has 0 aliphatic carbocycles. The number of aromatic nitrogens is 4. The maximum Gasteiger partial charge on any atom is 0.309 e. The Labute approximate surface area is 187 Å². The fraction of sp³-hybridized carbons (Fsp3) is 0.333. The van der Waals surface area contributed by atoms with E-state index in [1.807, 2.05) is 0 Å². The van der Waals surface area contributed by atoms with Gasteiger partial charge in [-0.15, -0.1) is 10.2 Å². The molecule has 0 atom stereocenters. The van der Waals surface area contributed by atoms with E-state index in [2.05, 4.69) is 25.8 Å². The molecular formula is C21H23FN6O5. The van der Waals surface area contributed by atoms with Gasteiger partial charge in [0.2, 0.25) is 11.6 Å². The number of benzene rings is 1. The Morgan fingerprint density at radius 3 is 2.45 bits per heavy atom. The smallest absolute Gasteiger partial charge is 0.309 e. The Kier molecular flexibility index (Phi) is 6.56. The standard InChI is InChI=1S/C21H23FN6O5/c1-5-13-26-27-18(33-13)17(31)25-21(2,3)20-24-14(15(29)19(32)28(20)4)16(30)23-10-11-6-8-12(22)9-7-11/h6-9,29H,5,10H2,1-4H3,(H,23,30)(H,25,31). The number of aryl methyl sites for hydroxylation is 1. The summed E-state index contributed by atoms with van der Waals surface area (Å²) in [5, 5.41) is 22.8.